The molecule has 5 nitrogen and oxygen atoms in total. The van der Waals surface area contributed by atoms with E-state index in [1.54, 1.807) is 17.8 Å². The van der Waals surface area contributed by atoms with E-state index in [1.165, 1.54) is 5.56 Å². The molecule has 28 heavy (non-hydrogen) atoms. The summed E-state index contributed by atoms with van der Waals surface area (Å²) in [4.78, 5) is 27.9. The molecule has 0 spiro atoms. The summed E-state index contributed by atoms with van der Waals surface area (Å²) in [6, 6.07) is 15.9. The van der Waals surface area contributed by atoms with Gasteiger partial charge in [0.2, 0.25) is 5.91 Å². The molecule has 1 heterocycles. The maximum absolute atomic E-state index is 12.8. The first kappa shape index (κ1) is 20.4. The van der Waals surface area contributed by atoms with Gasteiger partial charge >= 0.3 is 0 Å². The number of nitrogens with zero attached hydrogens (tertiary/aromatic N) is 1. The van der Waals surface area contributed by atoms with Gasteiger partial charge in [-0.25, -0.2) is 0 Å². The average Bonchev–Trinajstić information content (AvgIpc) is 2.91. The van der Waals surface area contributed by atoms with Crippen molar-refractivity contribution in [3.63, 3.8) is 0 Å². The zero-order valence-corrected chi connectivity index (χ0v) is 17.2. The summed E-state index contributed by atoms with van der Waals surface area (Å²) in [6.45, 7) is 6.62. The SMILES string of the molecule is CCN(CC)C(CNC(=O)c1ccc2c(c1)NC(=O)CCS2)c1ccccc1. The first-order valence-corrected chi connectivity index (χ1v) is 10.7. The van der Waals surface area contributed by atoms with E-state index in [-0.39, 0.29) is 17.9 Å². The van der Waals surface area contributed by atoms with E-state index in [9.17, 15) is 9.59 Å². The second-order valence-corrected chi connectivity index (χ2v) is 7.85. The number of rotatable bonds is 7. The number of fused-ring (bicyclic) bond motifs is 1. The second kappa shape index (κ2) is 9.75. The summed E-state index contributed by atoms with van der Waals surface area (Å²) in [7, 11) is 0. The Balaban J connectivity index is 1.73. The molecule has 0 aliphatic carbocycles. The third-order valence-electron chi connectivity index (χ3n) is 5.00. The lowest BCUT2D eigenvalue weighted by atomic mass is 10.0. The quantitative estimate of drug-likeness (QED) is 0.743. The molecule has 1 atom stereocenters. The fourth-order valence-electron chi connectivity index (χ4n) is 3.45. The third-order valence-corrected chi connectivity index (χ3v) is 6.07. The largest absolute Gasteiger partial charge is 0.350 e. The number of nitrogens with one attached hydrogen (secondary N) is 2. The zero-order valence-electron chi connectivity index (χ0n) is 16.4. The molecule has 3 rings (SSSR count). The van der Waals surface area contributed by atoms with E-state index in [4.69, 9.17) is 0 Å². The van der Waals surface area contributed by atoms with Crippen molar-refractivity contribution < 1.29 is 9.59 Å². The molecule has 1 aliphatic heterocycles. The van der Waals surface area contributed by atoms with Crippen LogP contribution in [0.2, 0.25) is 0 Å². The maximum atomic E-state index is 12.8. The molecule has 148 valence electrons. The van der Waals surface area contributed by atoms with Gasteiger partial charge in [-0.05, 0) is 36.9 Å². The maximum Gasteiger partial charge on any atom is 0.251 e. The lowest BCUT2D eigenvalue weighted by molar-refractivity contribution is -0.115. The predicted molar refractivity (Wildman–Crippen MR) is 115 cm³/mol. The van der Waals surface area contributed by atoms with Crippen molar-refractivity contribution in [3.05, 3.63) is 59.7 Å². The number of anilines is 1. The van der Waals surface area contributed by atoms with Gasteiger partial charge in [0.05, 0.1) is 11.7 Å². The van der Waals surface area contributed by atoms with Crippen LogP contribution in [0.25, 0.3) is 0 Å². The second-order valence-electron chi connectivity index (χ2n) is 6.72. The van der Waals surface area contributed by atoms with E-state index in [1.807, 2.05) is 30.3 Å². The first-order chi connectivity index (χ1) is 13.6. The Morgan fingerprint density at radius 1 is 1.18 bits per heavy atom. The minimum atomic E-state index is -0.126. The summed E-state index contributed by atoms with van der Waals surface area (Å²) in [5.41, 5.74) is 2.48. The summed E-state index contributed by atoms with van der Waals surface area (Å²) in [5.74, 6) is 0.626. The molecule has 0 radical (unpaired) electrons. The fraction of sp³-hybridized carbons (Fsp3) is 0.364. The van der Waals surface area contributed by atoms with Gasteiger partial charge in [0, 0.05) is 29.2 Å². The van der Waals surface area contributed by atoms with E-state index >= 15 is 0 Å². The van der Waals surface area contributed by atoms with Gasteiger partial charge in [-0.2, -0.15) is 0 Å². The Labute approximate surface area is 170 Å². The van der Waals surface area contributed by atoms with Crippen molar-refractivity contribution in [2.75, 3.05) is 30.7 Å². The molecular formula is C22H27N3O2S. The molecule has 0 aromatic heterocycles. The van der Waals surface area contributed by atoms with Crippen LogP contribution in [0, 0.1) is 0 Å². The van der Waals surface area contributed by atoms with Crippen LogP contribution in [0.1, 0.15) is 42.2 Å². The topological polar surface area (TPSA) is 61.4 Å². The molecule has 0 bridgehead atoms. The highest BCUT2D eigenvalue weighted by Gasteiger charge is 2.20. The van der Waals surface area contributed by atoms with Crippen LogP contribution in [0.3, 0.4) is 0 Å². The lowest BCUT2D eigenvalue weighted by Gasteiger charge is -2.30. The van der Waals surface area contributed by atoms with Crippen molar-refractivity contribution in [1.82, 2.24) is 10.2 Å². The van der Waals surface area contributed by atoms with E-state index < -0.39 is 0 Å². The fourth-order valence-corrected chi connectivity index (χ4v) is 4.39. The average molecular weight is 398 g/mol. The van der Waals surface area contributed by atoms with E-state index in [0.717, 1.165) is 29.4 Å². The van der Waals surface area contributed by atoms with Gasteiger partial charge in [0.1, 0.15) is 0 Å². The highest BCUT2D eigenvalue weighted by molar-refractivity contribution is 7.99. The number of hydrogen-bond acceptors (Lipinski definition) is 4. The van der Waals surface area contributed by atoms with Crippen LogP contribution < -0.4 is 10.6 Å². The zero-order chi connectivity index (χ0) is 19.9. The molecule has 2 N–H and O–H groups in total. The smallest absolute Gasteiger partial charge is 0.251 e. The Kier molecular flexibility index (Phi) is 7.12. The molecule has 6 heteroatoms. The van der Waals surface area contributed by atoms with Crippen molar-refractivity contribution in [3.8, 4) is 0 Å². The molecule has 2 amide bonds. The van der Waals surface area contributed by atoms with Crippen LogP contribution in [-0.2, 0) is 4.79 Å². The van der Waals surface area contributed by atoms with Gasteiger partial charge in [0.15, 0.2) is 0 Å². The van der Waals surface area contributed by atoms with Crippen molar-refractivity contribution in [2.45, 2.75) is 31.2 Å². The predicted octanol–water partition coefficient (Wildman–Crippen LogP) is 3.93. The molecular weight excluding hydrogens is 370 g/mol. The normalized spacial score (nSPS) is 14.8. The Morgan fingerprint density at radius 2 is 1.93 bits per heavy atom. The molecule has 2 aromatic rings. The number of hydrogen-bond donors (Lipinski definition) is 2. The Hall–Kier alpha value is -2.31. The molecule has 1 aliphatic rings. The van der Waals surface area contributed by atoms with Crippen LogP contribution in [0.15, 0.2) is 53.4 Å². The minimum Gasteiger partial charge on any atom is -0.350 e. The molecule has 1 unspecified atom stereocenters. The molecule has 2 aromatic carbocycles. The van der Waals surface area contributed by atoms with Gasteiger partial charge in [-0.1, -0.05) is 44.2 Å². The highest BCUT2D eigenvalue weighted by Crippen LogP contribution is 2.31. The molecule has 0 saturated carbocycles. The molecule has 0 fully saturated rings. The summed E-state index contributed by atoms with van der Waals surface area (Å²) in [5, 5.41) is 5.98. The Bertz CT molecular complexity index is 822. The summed E-state index contributed by atoms with van der Waals surface area (Å²) in [6.07, 6.45) is 0.490. The number of benzene rings is 2. The van der Waals surface area contributed by atoms with Gasteiger partial charge in [-0.3, -0.25) is 14.5 Å². The number of thioether (sulfide) groups is 1. The van der Waals surface area contributed by atoms with Crippen LogP contribution in [0.5, 0.6) is 0 Å². The minimum absolute atomic E-state index is 0.00511. The number of likely N-dealkylation sites (N-methyl/N-ethyl adjacent to an activating group) is 1. The van der Waals surface area contributed by atoms with Gasteiger partial charge in [0.25, 0.3) is 5.91 Å². The van der Waals surface area contributed by atoms with Gasteiger partial charge < -0.3 is 10.6 Å². The van der Waals surface area contributed by atoms with Crippen LogP contribution in [-0.4, -0.2) is 42.1 Å². The first-order valence-electron chi connectivity index (χ1n) is 9.76. The Morgan fingerprint density at radius 3 is 2.64 bits per heavy atom. The summed E-state index contributed by atoms with van der Waals surface area (Å²) >= 11 is 1.64. The standard InChI is InChI=1S/C22H27N3O2S/c1-3-25(4-2)19(16-8-6-5-7-9-16)15-23-22(27)17-10-11-20-18(14-17)24-21(26)12-13-28-20/h5-11,14,19H,3-4,12-13,15H2,1-2H3,(H,23,27)(H,24,26). The van der Waals surface area contributed by atoms with Crippen LogP contribution >= 0.6 is 11.8 Å². The molecule has 0 saturated heterocycles. The number of carbonyl (C=O) groups is 2. The van der Waals surface area contributed by atoms with Gasteiger partial charge in [-0.15, -0.1) is 11.8 Å². The lowest BCUT2D eigenvalue weighted by Crippen LogP contribution is -2.38. The van der Waals surface area contributed by atoms with Crippen molar-refractivity contribution in [1.29, 1.82) is 0 Å². The van der Waals surface area contributed by atoms with Crippen LogP contribution in [0.4, 0.5) is 5.69 Å². The van der Waals surface area contributed by atoms with Crippen molar-refractivity contribution in [2.24, 2.45) is 0 Å². The highest BCUT2D eigenvalue weighted by atomic mass is 32.2. The monoisotopic (exact) mass is 397 g/mol. The van der Waals surface area contributed by atoms with E-state index in [2.05, 4.69) is 41.5 Å². The number of carbonyl (C=O) groups excluding carboxylic acids is 2. The number of amides is 2. The van der Waals surface area contributed by atoms with Crippen molar-refractivity contribution >= 4 is 29.3 Å². The van der Waals surface area contributed by atoms with E-state index in [0.29, 0.717) is 18.5 Å². The third kappa shape index (κ3) is 4.94. The summed E-state index contributed by atoms with van der Waals surface area (Å²) < 4.78 is 0.